The molecule has 1 aromatic rings. The van der Waals surface area contributed by atoms with Gasteiger partial charge in [0.05, 0.1) is 0 Å². The number of alkyl halides is 2. The summed E-state index contributed by atoms with van der Waals surface area (Å²) in [6.07, 6.45) is 0. The van der Waals surface area contributed by atoms with Crippen molar-refractivity contribution in [2.24, 2.45) is 0 Å². The maximum absolute atomic E-state index is 13.7. The number of rotatable bonds is 4. The zero-order valence-electron chi connectivity index (χ0n) is 8.07. The molecule has 0 saturated carbocycles. The second-order valence-electron chi connectivity index (χ2n) is 2.65. The Kier molecular flexibility index (Phi) is 4.58. The molecule has 0 aliphatic heterocycles. The summed E-state index contributed by atoms with van der Waals surface area (Å²) >= 11 is 4.70. The van der Waals surface area contributed by atoms with Crippen LogP contribution < -0.4 is 4.46 Å². The summed E-state index contributed by atoms with van der Waals surface area (Å²) < 4.78 is 16.5. The van der Waals surface area contributed by atoms with E-state index < -0.39 is 25.0 Å². The van der Waals surface area contributed by atoms with E-state index in [1.54, 1.807) is 31.2 Å². The molecule has 15 heavy (non-hydrogen) atoms. The predicted octanol–water partition coefficient (Wildman–Crippen LogP) is 1.44. The van der Waals surface area contributed by atoms with Gasteiger partial charge in [-0.15, -0.1) is 0 Å². The summed E-state index contributed by atoms with van der Waals surface area (Å²) in [5, 5.41) is 0. The van der Waals surface area contributed by atoms with Gasteiger partial charge in [-0.05, 0) is 0 Å². The van der Waals surface area contributed by atoms with Crippen molar-refractivity contribution < 1.29 is 13.9 Å². The fraction of sp³-hybridized carbons (Fsp3) is 0.300. The summed E-state index contributed by atoms with van der Waals surface area (Å²) in [5.74, 6) is -1.00. The van der Waals surface area contributed by atoms with E-state index in [-0.39, 0.29) is 6.61 Å². The Morgan fingerprint density at radius 2 is 2.13 bits per heavy atom. The third-order valence-electron chi connectivity index (χ3n) is 1.50. The number of hydrogen-bond donors (Lipinski definition) is 0. The molecule has 1 aromatic carbocycles. The molecule has 0 saturated heterocycles. The van der Waals surface area contributed by atoms with Crippen molar-refractivity contribution in [3.05, 3.63) is 30.3 Å². The van der Waals surface area contributed by atoms with Crippen LogP contribution in [0.15, 0.2) is 30.3 Å². The zero-order chi connectivity index (χ0) is 11.3. The van der Waals surface area contributed by atoms with E-state index in [0.29, 0.717) is 0 Å². The van der Waals surface area contributed by atoms with Crippen LogP contribution in [0.1, 0.15) is 6.92 Å². The van der Waals surface area contributed by atoms with Crippen molar-refractivity contribution >= 4 is 37.0 Å². The Morgan fingerprint density at radius 1 is 1.53 bits per heavy atom. The van der Waals surface area contributed by atoms with Crippen LogP contribution in [-0.2, 0) is 9.53 Å². The molecule has 0 N–H and O–H groups in total. The predicted molar refractivity (Wildman–Crippen MR) is 58.2 cm³/mol. The van der Waals surface area contributed by atoms with Gasteiger partial charge in [-0.1, -0.05) is 0 Å². The normalized spacial score (nSPS) is 14.3. The van der Waals surface area contributed by atoms with Crippen molar-refractivity contribution in [2.75, 3.05) is 6.61 Å². The third kappa shape index (κ3) is 3.82. The Balaban J connectivity index is 2.68. The van der Waals surface area contributed by atoms with Gasteiger partial charge in [-0.3, -0.25) is 0 Å². The van der Waals surface area contributed by atoms with Gasteiger partial charge in [0.2, 0.25) is 0 Å². The quantitative estimate of drug-likeness (QED) is 0.477. The Morgan fingerprint density at radius 3 is 2.67 bits per heavy atom. The monoisotopic (exact) mass is 296 g/mol. The van der Waals surface area contributed by atoms with Gasteiger partial charge < -0.3 is 0 Å². The van der Waals surface area contributed by atoms with Gasteiger partial charge in [-0.2, -0.15) is 0 Å². The average Bonchev–Trinajstić information content (AvgIpc) is 2.19. The van der Waals surface area contributed by atoms with Crippen LogP contribution in [-0.4, -0.2) is 31.6 Å². The van der Waals surface area contributed by atoms with E-state index in [9.17, 15) is 9.18 Å². The molecule has 0 heterocycles. The molecular formula is C10H10ClFO2Se. The van der Waals surface area contributed by atoms with Crippen molar-refractivity contribution in [1.82, 2.24) is 0 Å². The molecular weight excluding hydrogens is 286 g/mol. The molecule has 82 valence electrons. The van der Waals surface area contributed by atoms with E-state index in [4.69, 9.17) is 11.6 Å². The van der Waals surface area contributed by atoms with Gasteiger partial charge in [0.1, 0.15) is 0 Å². The van der Waals surface area contributed by atoms with Crippen LogP contribution in [0.4, 0.5) is 4.39 Å². The molecule has 1 atom stereocenters. The zero-order valence-corrected chi connectivity index (χ0v) is 10.5. The van der Waals surface area contributed by atoms with Crippen molar-refractivity contribution in [3.63, 3.8) is 0 Å². The van der Waals surface area contributed by atoms with Crippen molar-refractivity contribution in [1.29, 1.82) is 0 Å². The van der Waals surface area contributed by atoms with Crippen LogP contribution >= 0.6 is 11.6 Å². The van der Waals surface area contributed by atoms with Gasteiger partial charge in [0.25, 0.3) is 0 Å². The first-order valence-corrected chi connectivity index (χ1v) is 6.44. The van der Waals surface area contributed by atoms with E-state index in [2.05, 4.69) is 4.74 Å². The summed E-state index contributed by atoms with van der Waals surface area (Å²) in [7, 11) is 0. The summed E-state index contributed by atoms with van der Waals surface area (Å²) in [5.41, 5.74) is 0. The SMILES string of the molecule is CCOC(=O)C(F)(Cl)[Se]c1ccccc1. The second kappa shape index (κ2) is 5.50. The molecule has 0 spiro atoms. The molecule has 0 aliphatic rings. The van der Waals surface area contributed by atoms with E-state index in [1.807, 2.05) is 6.07 Å². The Labute approximate surface area is 98.9 Å². The first kappa shape index (κ1) is 12.5. The molecule has 0 fully saturated rings. The first-order chi connectivity index (χ1) is 7.06. The molecule has 0 bridgehead atoms. The van der Waals surface area contributed by atoms with Crippen molar-refractivity contribution in [3.8, 4) is 0 Å². The van der Waals surface area contributed by atoms with Gasteiger partial charge in [-0.25, -0.2) is 0 Å². The second-order valence-corrected chi connectivity index (χ2v) is 6.28. The van der Waals surface area contributed by atoms with Crippen LogP contribution in [0, 0.1) is 0 Å². The molecule has 1 unspecified atom stereocenters. The van der Waals surface area contributed by atoms with Crippen molar-refractivity contribution in [2.45, 2.75) is 11.0 Å². The summed E-state index contributed by atoms with van der Waals surface area (Å²) in [6.45, 7) is 1.74. The number of benzene rings is 1. The fourth-order valence-electron chi connectivity index (χ4n) is 0.893. The van der Waals surface area contributed by atoms with Crippen LogP contribution in [0.3, 0.4) is 0 Å². The molecule has 2 nitrogen and oxygen atoms in total. The third-order valence-corrected chi connectivity index (χ3v) is 4.01. The van der Waals surface area contributed by atoms with E-state index >= 15 is 0 Å². The topological polar surface area (TPSA) is 26.3 Å². The van der Waals surface area contributed by atoms with Gasteiger partial charge >= 0.3 is 98.8 Å². The number of esters is 1. The number of carbonyl (C=O) groups excluding carboxylic acids is 1. The van der Waals surface area contributed by atoms with Gasteiger partial charge in [0, 0.05) is 0 Å². The van der Waals surface area contributed by atoms with Gasteiger partial charge in [0.15, 0.2) is 0 Å². The molecule has 1 rings (SSSR count). The molecule has 0 radical (unpaired) electrons. The summed E-state index contributed by atoms with van der Waals surface area (Å²) in [6, 6.07) is 8.83. The van der Waals surface area contributed by atoms with E-state index in [1.165, 1.54) is 0 Å². The van der Waals surface area contributed by atoms with Crippen LogP contribution in [0.25, 0.3) is 0 Å². The van der Waals surface area contributed by atoms with Crippen LogP contribution in [0.2, 0.25) is 0 Å². The Bertz CT molecular complexity index is 329. The molecule has 0 aliphatic carbocycles. The average molecular weight is 296 g/mol. The first-order valence-electron chi connectivity index (χ1n) is 4.35. The minimum absolute atomic E-state index is 0.127. The summed E-state index contributed by atoms with van der Waals surface area (Å²) in [4.78, 5) is 11.2. The number of halogens is 2. The van der Waals surface area contributed by atoms with E-state index in [0.717, 1.165) is 4.46 Å². The number of ether oxygens (including phenoxy) is 1. The molecule has 5 heteroatoms. The maximum atomic E-state index is 13.7. The standard InChI is InChI=1S/C10H10ClFO2Se/c1-2-14-9(13)10(11,12)15-8-6-4-3-5-7-8/h3-7H,2H2,1H3. The Hall–Kier alpha value is -0.571. The van der Waals surface area contributed by atoms with Crippen LogP contribution in [0.5, 0.6) is 0 Å². The number of hydrogen-bond acceptors (Lipinski definition) is 2. The molecule has 0 aromatic heterocycles. The fourth-order valence-corrected chi connectivity index (χ4v) is 2.95. The number of carbonyl (C=O) groups is 1. The minimum atomic E-state index is -2.41. The molecule has 0 amide bonds.